The zero-order chi connectivity index (χ0) is 22.8. The van der Waals surface area contributed by atoms with Crippen LogP contribution in [0.5, 0.6) is 0 Å². The number of hydrogen-bond donors (Lipinski definition) is 0. The quantitative estimate of drug-likeness (QED) is 0.477. The summed E-state index contributed by atoms with van der Waals surface area (Å²) in [6, 6.07) is 2.51. The molecule has 2 heterocycles. The summed E-state index contributed by atoms with van der Waals surface area (Å²) < 4.78 is 53.1. The zero-order valence-corrected chi connectivity index (χ0v) is 19.2. The van der Waals surface area contributed by atoms with Crippen molar-refractivity contribution in [2.75, 3.05) is 32.4 Å². The number of aromatic nitrogens is 2. The standard InChI is InChI=1S/C20H24F2N4O3S2/c1-13-16(14(2)24-20(23-13)30-3)5-7-19(27)25-8-10-26(11-9-25)31(28,29)15-4-6-17(21)18(22)12-15/h4,6,12H,5,7-11H2,1-3H3. The van der Waals surface area contributed by atoms with Gasteiger partial charge < -0.3 is 4.90 Å². The number of thioether (sulfide) groups is 1. The fourth-order valence-corrected chi connectivity index (χ4v) is 5.41. The molecule has 0 unspecified atom stereocenters. The van der Waals surface area contributed by atoms with Gasteiger partial charge in [-0.25, -0.2) is 27.2 Å². The molecule has 168 valence electrons. The summed E-state index contributed by atoms with van der Waals surface area (Å²) in [6.45, 7) is 4.46. The number of sulfonamides is 1. The molecule has 0 radical (unpaired) electrons. The van der Waals surface area contributed by atoms with E-state index in [9.17, 15) is 22.0 Å². The summed E-state index contributed by atoms with van der Waals surface area (Å²) in [7, 11) is -3.95. The van der Waals surface area contributed by atoms with E-state index in [1.54, 1.807) is 4.90 Å². The van der Waals surface area contributed by atoms with Crippen molar-refractivity contribution in [2.24, 2.45) is 0 Å². The second kappa shape index (κ2) is 9.58. The van der Waals surface area contributed by atoms with Crippen molar-refractivity contribution in [3.05, 3.63) is 46.8 Å². The van der Waals surface area contributed by atoms with Crippen LogP contribution in [0.2, 0.25) is 0 Å². The Morgan fingerprint density at radius 1 is 1.06 bits per heavy atom. The first-order valence-electron chi connectivity index (χ1n) is 9.74. The summed E-state index contributed by atoms with van der Waals surface area (Å²) >= 11 is 1.46. The normalized spacial score (nSPS) is 15.3. The molecule has 1 aromatic heterocycles. The molecule has 1 fully saturated rings. The molecule has 0 N–H and O–H groups in total. The van der Waals surface area contributed by atoms with Gasteiger partial charge >= 0.3 is 0 Å². The van der Waals surface area contributed by atoms with Gasteiger partial charge in [0.1, 0.15) is 0 Å². The molecule has 1 aliphatic heterocycles. The minimum atomic E-state index is -3.95. The first kappa shape index (κ1) is 23.6. The SMILES string of the molecule is CSc1nc(C)c(CCC(=O)N2CCN(S(=O)(=O)c3ccc(F)c(F)c3)CC2)c(C)n1. The lowest BCUT2D eigenvalue weighted by Crippen LogP contribution is -2.50. The van der Waals surface area contributed by atoms with Crippen molar-refractivity contribution in [3.8, 4) is 0 Å². The smallest absolute Gasteiger partial charge is 0.243 e. The maximum Gasteiger partial charge on any atom is 0.243 e. The minimum absolute atomic E-state index is 0.0717. The molecule has 1 aromatic carbocycles. The molecular formula is C20H24F2N4O3S2. The summed E-state index contributed by atoms with van der Waals surface area (Å²) in [5, 5.41) is 0.698. The first-order valence-corrected chi connectivity index (χ1v) is 12.4. The Morgan fingerprint density at radius 3 is 2.23 bits per heavy atom. The molecule has 31 heavy (non-hydrogen) atoms. The highest BCUT2D eigenvalue weighted by Crippen LogP contribution is 2.21. The van der Waals surface area contributed by atoms with E-state index in [0.717, 1.165) is 29.1 Å². The summed E-state index contributed by atoms with van der Waals surface area (Å²) in [6.07, 6.45) is 2.70. The van der Waals surface area contributed by atoms with Crippen LogP contribution < -0.4 is 0 Å². The highest BCUT2D eigenvalue weighted by Gasteiger charge is 2.30. The van der Waals surface area contributed by atoms with E-state index in [4.69, 9.17) is 0 Å². The Kier molecular flexibility index (Phi) is 7.28. The van der Waals surface area contributed by atoms with Crippen LogP contribution in [0.4, 0.5) is 8.78 Å². The highest BCUT2D eigenvalue weighted by atomic mass is 32.2. The Morgan fingerprint density at radius 2 is 1.68 bits per heavy atom. The number of carbonyl (C=O) groups is 1. The molecule has 0 aliphatic carbocycles. The molecule has 0 spiro atoms. The second-order valence-electron chi connectivity index (χ2n) is 7.22. The van der Waals surface area contributed by atoms with Gasteiger partial charge in [-0.05, 0) is 50.3 Å². The van der Waals surface area contributed by atoms with Crippen LogP contribution in [-0.2, 0) is 21.2 Å². The van der Waals surface area contributed by atoms with E-state index >= 15 is 0 Å². The molecule has 2 aromatic rings. The van der Waals surface area contributed by atoms with Gasteiger partial charge in [-0.15, -0.1) is 0 Å². The van der Waals surface area contributed by atoms with Gasteiger partial charge in [-0.1, -0.05) is 11.8 Å². The third-order valence-corrected chi connectivity index (χ3v) is 7.73. The minimum Gasteiger partial charge on any atom is -0.340 e. The Hall–Kier alpha value is -2.11. The van der Waals surface area contributed by atoms with Crippen LogP contribution in [-0.4, -0.2) is 65.9 Å². The lowest BCUT2D eigenvalue weighted by atomic mass is 10.1. The summed E-state index contributed by atoms with van der Waals surface area (Å²) in [4.78, 5) is 22.8. The topological polar surface area (TPSA) is 83.5 Å². The molecule has 1 saturated heterocycles. The Balaban J connectivity index is 1.59. The summed E-state index contributed by atoms with van der Waals surface area (Å²) in [5.74, 6) is -2.39. The summed E-state index contributed by atoms with van der Waals surface area (Å²) in [5.41, 5.74) is 2.66. The Labute approximate surface area is 184 Å². The number of hydrogen-bond acceptors (Lipinski definition) is 6. The van der Waals surface area contributed by atoms with E-state index in [2.05, 4.69) is 9.97 Å². The van der Waals surface area contributed by atoms with E-state index in [1.807, 2.05) is 20.1 Å². The molecule has 7 nitrogen and oxygen atoms in total. The number of amides is 1. The Bertz CT molecular complexity index is 1060. The number of nitrogens with zero attached hydrogens (tertiary/aromatic N) is 4. The fourth-order valence-electron chi connectivity index (χ4n) is 3.52. The second-order valence-corrected chi connectivity index (χ2v) is 9.93. The van der Waals surface area contributed by atoms with Crippen LogP contribution in [0.15, 0.2) is 28.3 Å². The average molecular weight is 471 g/mol. The van der Waals surface area contributed by atoms with Gasteiger partial charge in [-0.2, -0.15) is 4.31 Å². The van der Waals surface area contributed by atoms with Crippen molar-refractivity contribution in [1.29, 1.82) is 0 Å². The number of benzene rings is 1. The molecule has 11 heteroatoms. The zero-order valence-electron chi connectivity index (χ0n) is 17.6. The third-order valence-electron chi connectivity index (χ3n) is 5.29. The largest absolute Gasteiger partial charge is 0.340 e. The molecule has 0 bridgehead atoms. The molecule has 0 saturated carbocycles. The van der Waals surface area contributed by atoms with Gasteiger partial charge in [0.15, 0.2) is 16.8 Å². The predicted octanol–water partition coefficient (Wildman–Crippen LogP) is 2.56. The lowest BCUT2D eigenvalue weighted by molar-refractivity contribution is -0.132. The lowest BCUT2D eigenvalue weighted by Gasteiger charge is -2.34. The maximum atomic E-state index is 13.4. The van der Waals surface area contributed by atoms with Crippen LogP contribution in [0, 0.1) is 25.5 Å². The number of rotatable bonds is 6. The molecule has 1 aliphatic rings. The van der Waals surface area contributed by atoms with Crippen molar-refractivity contribution in [2.45, 2.75) is 36.7 Å². The number of carbonyl (C=O) groups excluding carboxylic acids is 1. The van der Waals surface area contributed by atoms with E-state index in [1.165, 1.54) is 16.1 Å². The van der Waals surface area contributed by atoms with E-state index < -0.39 is 21.7 Å². The van der Waals surface area contributed by atoms with Gasteiger partial charge in [0, 0.05) is 44.0 Å². The van der Waals surface area contributed by atoms with Crippen molar-refractivity contribution >= 4 is 27.7 Å². The van der Waals surface area contributed by atoms with Crippen LogP contribution in [0.1, 0.15) is 23.4 Å². The van der Waals surface area contributed by atoms with E-state index in [0.29, 0.717) is 17.6 Å². The van der Waals surface area contributed by atoms with Gasteiger partial charge in [0.2, 0.25) is 15.9 Å². The molecular weight excluding hydrogens is 446 g/mol. The average Bonchev–Trinajstić information content (AvgIpc) is 2.74. The van der Waals surface area contributed by atoms with Crippen LogP contribution in [0.25, 0.3) is 0 Å². The number of aryl methyl sites for hydroxylation is 2. The third kappa shape index (κ3) is 5.21. The number of piperazine rings is 1. The van der Waals surface area contributed by atoms with Gasteiger partial charge in [-0.3, -0.25) is 4.79 Å². The fraction of sp³-hybridized carbons (Fsp3) is 0.450. The maximum absolute atomic E-state index is 13.4. The van der Waals surface area contributed by atoms with Crippen molar-refractivity contribution in [1.82, 2.24) is 19.2 Å². The van der Waals surface area contributed by atoms with Crippen molar-refractivity contribution in [3.63, 3.8) is 0 Å². The monoisotopic (exact) mass is 470 g/mol. The molecule has 3 rings (SSSR count). The van der Waals surface area contributed by atoms with Crippen LogP contribution >= 0.6 is 11.8 Å². The van der Waals surface area contributed by atoms with E-state index in [-0.39, 0.29) is 43.4 Å². The molecule has 1 amide bonds. The number of halogens is 2. The first-order chi connectivity index (χ1) is 14.6. The predicted molar refractivity (Wildman–Crippen MR) is 113 cm³/mol. The van der Waals surface area contributed by atoms with Crippen LogP contribution in [0.3, 0.4) is 0 Å². The van der Waals surface area contributed by atoms with Gasteiger partial charge in [0.05, 0.1) is 4.90 Å². The van der Waals surface area contributed by atoms with Crippen molar-refractivity contribution < 1.29 is 22.0 Å². The van der Waals surface area contributed by atoms with Gasteiger partial charge in [0.25, 0.3) is 0 Å². The molecule has 0 atom stereocenters. The highest BCUT2D eigenvalue weighted by molar-refractivity contribution is 7.98.